The van der Waals surface area contributed by atoms with E-state index in [1.54, 1.807) is 18.0 Å². The van der Waals surface area contributed by atoms with Crippen molar-refractivity contribution in [3.8, 4) is 0 Å². The Morgan fingerprint density at radius 2 is 1.20 bits per heavy atom. The molecule has 0 fully saturated rings. The van der Waals surface area contributed by atoms with Gasteiger partial charge in [0.05, 0.1) is 0 Å². The fourth-order valence-electron chi connectivity index (χ4n) is 0. The summed E-state index contributed by atoms with van der Waals surface area (Å²) in [6.45, 7) is 0. The van der Waals surface area contributed by atoms with E-state index in [9.17, 15) is 0 Å². The van der Waals surface area contributed by atoms with Gasteiger partial charge in [-0.25, -0.2) is 0 Å². The van der Waals surface area contributed by atoms with E-state index in [4.69, 9.17) is 0 Å². The monoisotopic (exact) mass is 357 g/mol. The largest absolute Gasteiger partial charge is 0 e. The summed E-state index contributed by atoms with van der Waals surface area (Å²) in [5.41, 5.74) is 0. The van der Waals surface area contributed by atoms with Crippen molar-refractivity contribution < 1.29 is 85.4 Å². The summed E-state index contributed by atoms with van der Waals surface area (Å²) in [7, 11) is 0. The van der Waals surface area contributed by atoms with Crippen molar-refractivity contribution in [3.05, 3.63) is 0 Å². The van der Waals surface area contributed by atoms with Crippen LogP contribution >= 0.6 is 0 Å². The van der Waals surface area contributed by atoms with E-state index in [0.717, 1.165) is 0 Å². The molecule has 5 heteroatoms. The Hall–Kier alpha value is 2.97. The van der Waals surface area contributed by atoms with E-state index in [-0.39, 0.29) is 50.9 Å². The zero-order valence-corrected chi connectivity index (χ0v) is 9.51. The maximum atomic E-state index is 2.00. The molecule has 35 valence electrons. The molecule has 5 heavy (non-hydrogen) atoms. The molecule has 0 aromatic heterocycles. The van der Waals surface area contributed by atoms with Crippen molar-refractivity contribution in [2.75, 3.05) is 0 Å². The van der Waals surface area contributed by atoms with Crippen molar-refractivity contribution in [1.82, 2.24) is 0 Å². The zero-order valence-electron chi connectivity index (χ0n) is 1.93. The van der Waals surface area contributed by atoms with Crippen molar-refractivity contribution in [2.45, 2.75) is 0 Å². The summed E-state index contributed by atoms with van der Waals surface area (Å²) >= 11 is 3.76. The SMILES string of the molecule is [Cr].[Fe].[Nb][Mo].[Ni]. The first-order chi connectivity index (χ1) is 1.00. The molecule has 0 rings (SSSR count). The van der Waals surface area contributed by atoms with Gasteiger partial charge in [0.2, 0.25) is 0 Å². The second kappa shape index (κ2) is 28.1. The summed E-state index contributed by atoms with van der Waals surface area (Å²) in [6, 6.07) is 0. The maximum Gasteiger partial charge on any atom is 0 e. The second-order valence-electron chi connectivity index (χ2n) is 0. The molecule has 0 amide bonds. The molecule has 0 heterocycles. The Labute approximate surface area is 83.9 Å². The molecule has 0 radical (unpaired) electrons. The van der Waals surface area contributed by atoms with Crippen LogP contribution in [0.4, 0.5) is 0 Å². The van der Waals surface area contributed by atoms with Crippen LogP contribution in [-0.2, 0) is 85.4 Å². The van der Waals surface area contributed by atoms with Crippen molar-refractivity contribution in [1.29, 1.82) is 0 Å². The number of hydrogen-bond acceptors (Lipinski definition) is 0. The number of rotatable bonds is 0. The molecule has 0 aromatic carbocycles. The maximum absolute atomic E-state index is 2.00. The minimum atomic E-state index is 0. The average molecular weight is 355 g/mol. The topological polar surface area (TPSA) is 0 Å². The van der Waals surface area contributed by atoms with Gasteiger partial charge < -0.3 is 0 Å². The molecule has 0 saturated carbocycles. The van der Waals surface area contributed by atoms with Crippen molar-refractivity contribution in [2.24, 2.45) is 0 Å². The molecular formula is CrFeMoNbNi. The Kier molecular flexibility index (Phi) is 138. The summed E-state index contributed by atoms with van der Waals surface area (Å²) in [4.78, 5) is 0. The Balaban J connectivity index is -0.00000000167. The molecule has 0 atom stereocenters. The van der Waals surface area contributed by atoms with Crippen molar-refractivity contribution in [3.63, 3.8) is 0 Å². The summed E-state index contributed by atoms with van der Waals surface area (Å²) in [5.74, 6) is 0. The smallest absolute Gasteiger partial charge is 0 e. The van der Waals surface area contributed by atoms with Gasteiger partial charge in [-0.05, 0) is 0 Å². The van der Waals surface area contributed by atoms with Crippen molar-refractivity contribution >= 4 is 0 Å². The van der Waals surface area contributed by atoms with Gasteiger partial charge in [0.25, 0.3) is 0 Å². The van der Waals surface area contributed by atoms with Crippen LogP contribution in [0.15, 0.2) is 0 Å². The predicted octanol–water partition coefficient (Wildman–Crippen LogP) is -0.0125. The minimum absolute atomic E-state index is 0. The fraction of sp³-hybridized carbons (Fsp3) is 0. The van der Waals surface area contributed by atoms with E-state index in [1.165, 1.54) is 0 Å². The molecule has 0 unspecified atom stereocenters. The zero-order chi connectivity index (χ0) is 2.00. The van der Waals surface area contributed by atoms with Gasteiger partial charge in [-0.1, -0.05) is 0 Å². The van der Waals surface area contributed by atoms with Crippen LogP contribution in [0.3, 0.4) is 0 Å². The van der Waals surface area contributed by atoms with Crippen LogP contribution in [0.25, 0.3) is 0 Å². The molecule has 0 N–H and O–H groups in total. The second-order valence-corrected chi connectivity index (χ2v) is 0. The molecule has 0 aliphatic carbocycles. The Morgan fingerprint density at radius 1 is 1.20 bits per heavy atom. The minimum Gasteiger partial charge on any atom is 0 e. The average Bonchev–Trinajstić information content (AvgIpc) is 1.00. The van der Waals surface area contributed by atoms with E-state index in [0.29, 0.717) is 0 Å². The molecule has 0 aliphatic heterocycles. The van der Waals surface area contributed by atoms with Crippen LogP contribution in [0, 0.1) is 0 Å². The van der Waals surface area contributed by atoms with Gasteiger partial charge >= 0.3 is 34.5 Å². The van der Waals surface area contributed by atoms with Crippen LogP contribution in [0.1, 0.15) is 0 Å². The normalized spacial score (nSPS) is 0.800. The molecule has 0 bridgehead atoms. The van der Waals surface area contributed by atoms with E-state index >= 15 is 0 Å². The first-order valence-corrected chi connectivity index (χ1v) is 6.39. The first kappa shape index (κ1) is 24.6. The summed E-state index contributed by atoms with van der Waals surface area (Å²) < 4.78 is 0. The molecule has 0 spiro atoms. The van der Waals surface area contributed by atoms with Crippen LogP contribution in [0.5, 0.6) is 0 Å². The van der Waals surface area contributed by atoms with Crippen LogP contribution in [-0.4, -0.2) is 0 Å². The quantitative estimate of drug-likeness (QED) is 0.536. The van der Waals surface area contributed by atoms with E-state index < -0.39 is 0 Å². The summed E-state index contributed by atoms with van der Waals surface area (Å²) in [5, 5.41) is 0. The first-order valence-electron chi connectivity index (χ1n) is 0.183. The third kappa shape index (κ3) is 19.5. The molecule has 0 nitrogen and oxygen atoms in total. The van der Waals surface area contributed by atoms with Crippen LogP contribution < -0.4 is 0 Å². The Bertz CT molecular complexity index is 11.6. The molecule has 0 saturated heterocycles. The fourth-order valence-corrected chi connectivity index (χ4v) is 0. The van der Waals surface area contributed by atoms with Gasteiger partial charge in [-0.15, -0.1) is 0 Å². The van der Waals surface area contributed by atoms with Crippen LogP contribution in [0.2, 0.25) is 0 Å². The molecule has 0 aromatic rings. The van der Waals surface area contributed by atoms with Gasteiger partial charge in [0.1, 0.15) is 0 Å². The van der Waals surface area contributed by atoms with Gasteiger partial charge in [-0.2, -0.15) is 0 Å². The predicted molar refractivity (Wildman–Crippen MR) is 0 cm³/mol. The summed E-state index contributed by atoms with van der Waals surface area (Å²) in [6.07, 6.45) is 0. The van der Waals surface area contributed by atoms with Gasteiger partial charge in [0, 0.05) is 50.9 Å². The van der Waals surface area contributed by atoms with Gasteiger partial charge in [0.15, 0.2) is 0 Å². The van der Waals surface area contributed by atoms with E-state index in [2.05, 4.69) is 0 Å². The molecule has 0 aliphatic rings. The third-order valence-electron chi connectivity index (χ3n) is 0. The third-order valence-corrected chi connectivity index (χ3v) is 0. The van der Waals surface area contributed by atoms with Gasteiger partial charge in [-0.3, -0.25) is 0 Å². The standard InChI is InChI=1S/Cr.Fe.Mo.Nb.Ni. The number of hydrogen-bond donors (Lipinski definition) is 0. The molecular weight excluding hydrogens is 355 g/mol. The van der Waals surface area contributed by atoms with E-state index in [1.807, 2.05) is 16.5 Å². The Morgan fingerprint density at radius 3 is 1.20 bits per heavy atom.